The summed E-state index contributed by atoms with van der Waals surface area (Å²) in [6.07, 6.45) is 3.59. The molecule has 1 aliphatic rings. The zero-order valence-electron chi connectivity index (χ0n) is 19.8. The molecule has 1 aliphatic heterocycles. The van der Waals surface area contributed by atoms with E-state index >= 15 is 0 Å². The van der Waals surface area contributed by atoms with Crippen LogP contribution in [0.4, 0.5) is 0 Å². The van der Waals surface area contributed by atoms with E-state index in [0.29, 0.717) is 24.5 Å². The van der Waals surface area contributed by atoms with E-state index in [4.69, 9.17) is 9.84 Å². The normalized spacial score (nSPS) is 16.4. The summed E-state index contributed by atoms with van der Waals surface area (Å²) in [5, 5.41) is 12.0. The summed E-state index contributed by atoms with van der Waals surface area (Å²) in [5.74, 6) is 1.36. The van der Waals surface area contributed by atoms with Gasteiger partial charge in [-0.25, -0.2) is 4.98 Å². The number of carbonyl (C=O) groups is 1. The summed E-state index contributed by atoms with van der Waals surface area (Å²) in [7, 11) is 1.74. The highest BCUT2D eigenvalue weighted by molar-refractivity contribution is 6.01. The Morgan fingerprint density at radius 3 is 2.47 bits per heavy atom. The highest BCUT2D eigenvalue weighted by Crippen LogP contribution is 2.31. The minimum absolute atomic E-state index is 0.0150. The maximum atomic E-state index is 13.6. The second kappa shape index (κ2) is 8.16. The summed E-state index contributed by atoms with van der Waals surface area (Å²) in [4.78, 5) is 19.9. The van der Waals surface area contributed by atoms with Gasteiger partial charge in [-0.3, -0.25) is 14.6 Å². The van der Waals surface area contributed by atoms with Gasteiger partial charge in [0.05, 0.1) is 16.8 Å². The molecule has 0 saturated carbocycles. The van der Waals surface area contributed by atoms with Crippen LogP contribution in [0.15, 0.2) is 30.5 Å². The first-order valence-electron chi connectivity index (χ1n) is 11.0. The van der Waals surface area contributed by atoms with Crippen molar-refractivity contribution in [2.24, 2.45) is 0 Å². The molecule has 32 heavy (non-hydrogen) atoms. The van der Waals surface area contributed by atoms with E-state index in [1.807, 2.05) is 47.0 Å². The SMILES string of the molecule is COC1(C)CCN(C(=O)c2ccc(-c3n[nH]c(C)n3)cc2-c2ccn(C(C)(C)C)n2)CC1. The number of aryl methyl sites for hydroxylation is 1. The maximum absolute atomic E-state index is 13.6. The summed E-state index contributed by atoms with van der Waals surface area (Å²) in [5.41, 5.74) is 2.71. The third-order valence-corrected chi connectivity index (χ3v) is 6.26. The Morgan fingerprint density at radius 2 is 1.91 bits per heavy atom. The highest BCUT2D eigenvalue weighted by Gasteiger charge is 2.33. The molecule has 1 amide bonds. The highest BCUT2D eigenvalue weighted by atomic mass is 16.5. The van der Waals surface area contributed by atoms with Crippen LogP contribution in [0.3, 0.4) is 0 Å². The molecule has 8 nitrogen and oxygen atoms in total. The van der Waals surface area contributed by atoms with Crippen LogP contribution in [0, 0.1) is 6.92 Å². The van der Waals surface area contributed by atoms with Gasteiger partial charge in [-0.1, -0.05) is 6.07 Å². The van der Waals surface area contributed by atoms with Gasteiger partial charge >= 0.3 is 0 Å². The number of nitrogens with one attached hydrogen (secondary N) is 1. The molecule has 0 unspecified atom stereocenters. The van der Waals surface area contributed by atoms with Crippen LogP contribution in [0.1, 0.15) is 56.7 Å². The van der Waals surface area contributed by atoms with Crippen LogP contribution in [0.2, 0.25) is 0 Å². The molecule has 0 atom stereocenters. The van der Waals surface area contributed by atoms with Gasteiger partial charge < -0.3 is 9.64 Å². The van der Waals surface area contributed by atoms with Crippen LogP contribution < -0.4 is 0 Å². The topological polar surface area (TPSA) is 88.9 Å². The molecular weight excluding hydrogens is 404 g/mol. The van der Waals surface area contributed by atoms with Gasteiger partial charge in [-0.15, -0.1) is 0 Å². The third kappa shape index (κ3) is 4.32. The Hall–Kier alpha value is -3.00. The molecule has 1 fully saturated rings. The van der Waals surface area contributed by atoms with Gasteiger partial charge in [0, 0.05) is 43.1 Å². The summed E-state index contributed by atoms with van der Waals surface area (Å²) >= 11 is 0. The van der Waals surface area contributed by atoms with Gasteiger partial charge in [-0.2, -0.15) is 10.2 Å². The van der Waals surface area contributed by atoms with E-state index in [0.717, 1.165) is 35.5 Å². The fourth-order valence-corrected chi connectivity index (χ4v) is 3.95. The lowest BCUT2D eigenvalue weighted by Gasteiger charge is -2.38. The molecule has 1 aromatic carbocycles. The molecule has 8 heteroatoms. The lowest BCUT2D eigenvalue weighted by Crippen LogP contribution is -2.46. The predicted molar refractivity (Wildman–Crippen MR) is 123 cm³/mol. The number of piperidine rings is 1. The van der Waals surface area contributed by atoms with E-state index in [9.17, 15) is 4.79 Å². The van der Waals surface area contributed by atoms with E-state index < -0.39 is 0 Å². The average Bonchev–Trinajstić information content (AvgIpc) is 3.43. The summed E-state index contributed by atoms with van der Waals surface area (Å²) in [6, 6.07) is 7.71. The first kappa shape index (κ1) is 22.2. The summed E-state index contributed by atoms with van der Waals surface area (Å²) < 4.78 is 7.56. The van der Waals surface area contributed by atoms with E-state index in [1.165, 1.54) is 0 Å². The average molecular weight is 437 g/mol. The molecule has 0 radical (unpaired) electrons. The third-order valence-electron chi connectivity index (χ3n) is 6.26. The zero-order chi connectivity index (χ0) is 23.1. The van der Waals surface area contributed by atoms with Crippen molar-refractivity contribution in [3.8, 4) is 22.6 Å². The molecular formula is C24H32N6O2. The number of aromatic amines is 1. The number of carbonyl (C=O) groups excluding carboxylic acids is 1. The Labute approximate surface area is 189 Å². The fraction of sp³-hybridized carbons (Fsp3) is 0.500. The number of H-pyrrole nitrogens is 1. The molecule has 3 aromatic rings. The first-order chi connectivity index (χ1) is 15.1. The van der Waals surface area contributed by atoms with Crippen LogP contribution in [-0.4, -0.2) is 61.6 Å². The van der Waals surface area contributed by atoms with Crippen molar-refractivity contribution in [1.82, 2.24) is 29.9 Å². The van der Waals surface area contributed by atoms with Crippen molar-refractivity contribution in [1.29, 1.82) is 0 Å². The second-order valence-corrected chi connectivity index (χ2v) is 9.77. The van der Waals surface area contributed by atoms with Crippen LogP contribution >= 0.6 is 0 Å². The van der Waals surface area contributed by atoms with E-state index in [1.54, 1.807) is 7.11 Å². The number of amides is 1. The molecule has 0 spiro atoms. The summed E-state index contributed by atoms with van der Waals surface area (Å²) in [6.45, 7) is 11.6. The maximum Gasteiger partial charge on any atom is 0.254 e. The van der Waals surface area contributed by atoms with E-state index in [2.05, 4.69) is 42.9 Å². The Morgan fingerprint density at radius 1 is 1.19 bits per heavy atom. The second-order valence-electron chi connectivity index (χ2n) is 9.77. The van der Waals surface area contributed by atoms with Crippen molar-refractivity contribution in [3.63, 3.8) is 0 Å². The number of rotatable bonds is 4. The monoisotopic (exact) mass is 436 g/mol. The molecule has 3 heterocycles. The minimum atomic E-state index is -0.168. The lowest BCUT2D eigenvalue weighted by molar-refractivity contribution is -0.0379. The number of aromatic nitrogens is 5. The van der Waals surface area contributed by atoms with Crippen molar-refractivity contribution >= 4 is 5.91 Å². The molecule has 0 aliphatic carbocycles. The molecule has 1 N–H and O–H groups in total. The number of ether oxygens (including phenoxy) is 1. The largest absolute Gasteiger partial charge is 0.378 e. The first-order valence-corrected chi connectivity index (χ1v) is 11.0. The quantitative estimate of drug-likeness (QED) is 0.667. The number of nitrogens with zero attached hydrogens (tertiary/aromatic N) is 5. The number of likely N-dealkylation sites (tertiary alicyclic amines) is 1. The van der Waals surface area contributed by atoms with E-state index in [-0.39, 0.29) is 17.0 Å². The van der Waals surface area contributed by atoms with Crippen molar-refractivity contribution in [3.05, 3.63) is 41.9 Å². The molecule has 1 saturated heterocycles. The van der Waals surface area contributed by atoms with Crippen LogP contribution in [0.25, 0.3) is 22.6 Å². The standard InChI is InChI=1S/C24H32N6O2/c1-16-25-21(27-26-16)17-7-8-18(22(31)29-13-10-24(5,32-6)11-14-29)19(15-17)20-9-12-30(28-20)23(2,3)4/h7-9,12,15H,10-11,13-14H2,1-6H3,(H,25,26,27). The molecule has 2 aromatic heterocycles. The lowest BCUT2D eigenvalue weighted by atomic mass is 9.92. The molecule has 170 valence electrons. The Balaban J connectivity index is 1.73. The van der Waals surface area contributed by atoms with Crippen molar-refractivity contribution in [2.75, 3.05) is 20.2 Å². The van der Waals surface area contributed by atoms with Crippen molar-refractivity contribution < 1.29 is 9.53 Å². The molecule has 0 bridgehead atoms. The van der Waals surface area contributed by atoms with Gasteiger partial charge in [0.1, 0.15) is 5.82 Å². The van der Waals surface area contributed by atoms with Crippen LogP contribution in [0.5, 0.6) is 0 Å². The van der Waals surface area contributed by atoms with Gasteiger partial charge in [0.25, 0.3) is 5.91 Å². The number of hydrogen-bond donors (Lipinski definition) is 1. The van der Waals surface area contributed by atoms with Crippen molar-refractivity contribution in [2.45, 2.75) is 58.6 Å². The van der Waals surface area contributed by atoms with Gasteiger partial charge in [-0.05, 0) is 65.7 Å². The van der Waals surface area contributed by atoms with Crippen LogP contribution in [-0.2, 0) is 10.3 Å². The predicted octanol–water partition coefficient (Wildman–Crippen LogP) is 4.04. The van der Waals surface area contributed by atoms with Gasteiger partial charge in [0.15, 0.2) is 5.82 Å². The minimum Gasteiger partial charge on any atom is -0.378 e. The zero-order valence-corrected chi connectivity index (χ0v) is 19.8. The Bertz CT molecular complexity index is 1120. The molecule has 4 rings (SSSR count). The number of hydrogen-bond acceptors (Lipinski definition) is 5. The smallest absolute Gasteiger partial charge is 0.254 e. The Kier molecular flexibility index (Phi) is 5.67. The van der Waals surface area contributed by atoms with Gasteiger partial charge in [0.2, 0.25) is 0 Å². The number of benzene rings is 1. The fourth-order valence-electron chi connectivity index (χ4n) is 3.95. The number of methoxy groups -OCH3 is 1.